The number of fused-ring (bicyclic) bond motifs is 1. The second-order valence-electron chi connectivity index (χ2n) is 7.04. The minimum atomic E-state index is -3.50. The fourth-order valence-electron chi connectivity index (χ4n) is 3.61. The van der Waals surface area contributed by atoms with Gasteiger partial charge < -0.3 is 0 Å². The van der Waals surface area contributed by atoms with E-state index in [9.17, 15) is 8.42 Å². The van der Waals surface area contributed by atoms with Crippen molar-refractivity contribution < 1.29 is 8.42 Å². The molecule has 142 valence electrons. The van der Waals surface area contributed by atoms with Gasteiger partial charge in [-0.3, -0.25) is 4.68 Å². The fraction of sp³-hybridized carbons (Fsp3) is 0.368. The Bertz CT molecular complexity index is 1080. The van der Waals surface area contributed by atoms with Crippen LogP contribution in [-0.2, 0) is 29.4 Å². The molecule has 0 unspecified atom stereocenters. The molecular weight excluding hydrogens is 362 g/mol. The van der Waals surface area contributed by atoms with Crippen molar-refractivity contribution in [3.63, 3.8) is 0 Å². The summed E-state index contributed by atoms with van der Waals surface area (Å²) < 4.78 is 29.8. The van der Waals surface area contributed by atoms with Crippen molar-refractivity contribution >= 4 is 10.0 Å². The Hall–Kier alpha value is -2.45. The first-order valence-electron chi connectivity index (χ1n) is 8.99. The number of benzene rings is 1. The summed E-state index contributed by atoms with van der Waals surface area (Å²) in [7, 11) is -0.447. The van der Waals surface area contributed by atoms with Crippen molar-refractivity contribution in [2.45, 2.75) is 37.6 Å². The standard InChI is InChI=1S/C19H23N5O2S/c1-14-19(27(25,26)22(2)3)13-23(20-14)12-17-16-10-7-11-18(16)24(21-17)15-8-5-4-6-9-15/h4-6,8-9,13H,7,10-12H2,1-3H3. The summed E-state index contributed by atoms with van der Waals surface area (Å²) in [4.78, 5) is 0.242. The van der Waals surface area contributed by atoms with Gasteiger partial charge in [-0.2, -0.15) is 10.2 Å². The summed E-state index contributed by atoms with van der Waals surface area (Å²) in [6.07, 6.45) is 4.73. The Morgan fingerprint density at radius 1 is 1.11 bits per heavy atom. The van der Waals surface area contributed by atoms with E-state index in [4.69, 9.17) is 5.10 Å². The lowest BCUT2D eigenvalue weighted by Crippen LogP contribution is -2.22. The maximum Gasteiger partial charge on any atom is 0.245 e. The molecule has 0 amide bonds. The zero-order valence-corrected chi connectivity index (χ0v) is 16.6. The molecule has 27 heavy (non-hydrogen) atoms. The fourth-order valence-corrected chi connectivity index (χ4v) is 4.67. The lowest BCUT2D eigenvalue weighted by molar-refractivity contribution is 0.520. The maximum atomic E-state index is 12.4. The van der Waals surface area contributed by atoms with E-state index in [0.29, 0.717) is 12.2 Å². The topological polar surface area (TPSA) is 73.0 Å². The third-order valence-electron chi connectivity index (χ3n) is 4.99. The van der Waals surface area contributed by atoms with Crippen molar-refractivity contribution in [3.8, 4) is 5.69 Å². The number of hydrogen-bond acceptors (Lipinski definition) is 4. The molecule has 8 heteroatoms. The van der Waals surface area contributed by atoms with Crippen molar-refractivity contribution in [2.24, 2.45) is 0 Å². The van der Waals surface area contributed by atoms with Gasteiger partial charge in [-0.15, -0.1) is 0 Å². The molecule has 7 nitrogen and oxygen atoms in total. The molecule has 2 aromatic heterocycles. The van der Waals surface area contributed by atoms with E-state index in [0.717, 1.165) is 30.6 Å². The van der Waals surface area contributed by atoms with Crippen LogP contribution in [0, 0.1) is 6.92 Å². The number of rotatable bonds is 5. The van der Waals surface area contributed by atoms with E-state index >= 15 is 0 Å². The molecule has 0 bridgehead atoms. The molecule has 0 spiro atoms. The first-order chi connectivity index (χ1) is 12.9. The van der Waals surface area contributed by atoms with E-state index in [1.807, 2.05) is 22.9 Å². The van der Waals surface area contributed by atoms with E-state index in [2.05, 4.69) is 17.2 Å². The van der Waals surface area contributed by atoms with Crippen LogP contribution >= 0.6 is 0 Å². The summed E-state index contributed by atoms with van der Waals surface area (Å²) in [6, 6.07) is 10.1. The first kappa shape index (κ1) is 17.9. The molecule has 0 aliphatic heterocycles. The molecule has 0 atom stereocenters. The molecule has 3 aromatic rings. The number of aromatic nitrogens is 4. The van der Waals surface area contributed by atoms with Crippen LogP contribution in [0.5, 0.6) is 0 Å². The average Bonchev–Trinajstić information content (AvgIpc) is 3.32. The van der Waals surface area contributed by atoms with Crippen LogP contribution < -0.4 is 0 Å². The molecule has 0 radical (unpaired) electrons. The summed E-state index contributed by atoms with van der Waals surface area (Å²) >= 11 is 0. The zero-order chi connectivity index (χ0) is 19.2. The van der Waals surface area contributed by atoms with Crippen LogP contribution in [0.15, 0.2) is 41.4 Å². The lowest BCUT2D eigenvalue weighted by Gasteiger charge is -2.09. The SMILES string of the molecule is Cc1nn(Cc2nn(-c3ccccc3)c3c2CCC3)cc1S(=O)(=O)N(C)C. The molecule has 0 fully saturated rings. The highest BCUT2D eigenvalue weighted by Crippen LogP contribution is 2.28. The van der Waals surface area contributed by atoms with Crippen molar-refractivity contribution in [1.29, 1.82) is 0 Å². The predicted octanol–water partition coefficient (Wildman–Crippen LogP) is 2.16. The summed E-state index contributed by atoms with van der Waals surface area (Å²) in [6.45, 7) is 2.19. The highest BCUT2D eigenvalue weighted by Gasteiger charge is 2.26. The Kier molecular flexibility index (Phi) is 4.39. The Morgan fingerprint density at radius 2 is 1.85 bits per heavy atom. The van der Waals surface area contributed by atoms with Crippen LogP contribution in [0.1, 0.15) is 29.1 Å². The van der Waals surface area contributed by atoms with Crippen molar-refractivity contribution in [3.05, 3.63) is 59.2 Å². The van der Waals surface area contributed by atoms with E-state index in [1.54, 1.807) is 17.8 Å². The molecule has 0 saturated carbocycles. The van der Waals surface area contributed by atoms with Gasteiger partial charge in [0.1, 0.15) is 4.90 Å². The minimum absolute atomic E-state index is 0.242. The van der Waals surface area contributed by atoms with Gasteiger partial charge in [-0.25, -0.2) is 17.4 Å². The molecule has 0 N–H and O–H groups in total. The summed E-state index contributed by atoms with van der Waals surface area (Å²) in [5, 5.41) is 9.25. The van der Waals surface area contributed by atoms with Crippen LogP contribution in [0.2, 0.25) is 0 Å². The minimum Gasteiger partial charge on any atom is -0.265 e. The van der Waals surface area contributed by atoms with Gasteiger partial charge in [-0.1, -0.05) is 18.2 Å². The maximum absolute atomic E-state index is 12.4. The number of hydrogen-bond donors (Lipinski definition) is 0. The van der Waals surface area contributed by atoms with Gasteiger partial charge in [-0.05, 0) is 43.9 Å². The predicted molar refractivity (Wildman–Crippen MR) is 103 cm³/mol. The second kappa shape index (κ2) is 6.61. The van der Waals surface area contributed by atoms with Crippen LogP contribution in [0.3, 0.4) is 0 Å². The largest absolute Gasteiger partial charge is 0.265 e. The van der Waals surface area contributed by atoms with Crippen LogP contribution in [-0.4, -0.2) is 46.4 Å². The highest BCUT2D eigenvalue weighted by molar-refractivity contribution is 7.89. The zero-order valence-electron chi connectivity index (χ0n) is 15.8. The Balaban J connectivity index is 1.71. The van der Waals surface area contributed by atoms with Gasteiger partial charge in [0.2, 0.25) is 10.0 Å². The third kappa shape index (κ3) is 3.08. The monoisotopic (exact) mass is 385 g/mol. The smallest absolute Gasteiger partial charge is 0.245 e. The number of para-hydroxylation sites is 1. The van der Waals surface area contributed by atoms with Crippen molar-refractivity contribution in [2.75, 3.05) is 14.1 Å². The first-order valence-corrected chi connectivity index (χ1v) is 10.4. The quantitative estimate of drug-likeness (QED) is 0.675. The average molecular weight is 385 g/mol. The van der Waals surface area contributed by atoms with Crippen LogP contribution in [0.4, 0.5) is 0 Å². The number of nitrogens with zero attached hydrogens (tertiary/aromatic N) is 5. The van der Waals surface area contributed by atoms with Gasteiger partial charge in [0.05, 0.1) is 23.6 Å². The van der Waals surface area contributed by atoms with Gasteiger partial charge in [0, 0.05) is 26.0 Å². The van der Waals surface area contributed by atoms with Crippen molar-refractivity contribution in [1.82, 2.24) is 23.9 Å². The van der Waals surface area contributed by atoms with E-state index in [1.165, 1.54) is 29.7 Å². The second-order valence-corrected chi connectivity index (χ2v) is 9.16. The molecular formula is C19H23N5O2S. The van der Waals surface area contributed by atoms with Crippen LogP contribution in [0.25, 0.3) is 5.69 Å². The molecule has 4 rings (SSSR count). The van der Waals surface area contributed by atoms with Gasteiger partial charge in [0.15, 0.2) is 0 Å². The van der Waals surface area contributed by atoms with Gasteiger partial charge >= 0.3 is 0 Å². The lowest BCUT2D eigenvalue weighted by atomic mass is 10.2. The molecule has 2 heterocycles. The summed E-state index contributed by atoms with van der Waals surface area (Å²) in [5.41, 5.74) is 5.03. The summed E-state index contributed by atoms with van der Waals surface area (Å²) in [5.74, 6) is 0. The molecule has 1 aromatic carbocycles. The third-order valence-corrected chi connectivity index (χ3v) is 6.90. The Morgan fingerprint density at radius 3 is 2.56 bits per heavy atom. The molecule has 0 saturated heterocycles. The number of sulfonamides is 1. The van der Waals surface area contributed by atoms with E-state index in [-0.39, 0.29) is 4.90 Å². The van der Waals surface area contributed by atoms with E-state index < -0.39 is 10.0 Å². The highest BCUT2D eigenvalue weighted by atomic mass is 32.2. The molecule has 1 aliphatic rings. The normalized spacial score (nSPS) is 14.1. The molecule has 1 aliphatic carbocycles. The van der Waals surface area contributed by atoms with Gasteiger partial charge in [0.25, 0.3) is 0 Å². The number of aryl methyl sites for hydroxylation is 1. The Labute approximate surface area is 159 Å².